The zero-order valence-electron chi connectivity index (χ0n) is 10.8. The van der Waals surface area contributed by atoms with E-state index in [-0.39, 0.29) is 12.0 Å². The van der Waals surface area contributed by atoms with Crippen molar-refractivity contribution in [3.8, 4) is 0 Å². The molecule has 108 valence electrons. The van der Waals surface area contributed by atoms with Crippen molar-refractivity contribution in [2.45, 2.75) is 19.5 Å². The minimum atomic E-state index is -4.42. The number of nitrogens with zero attached hydrogens (tertiary/aromatic N) is 1. The molecule has 2 aromatic rings. The van der Waals surface area contributed by atoms with Crippen LogP contribution in [0.1, 0.15) is 18.9 Å². The van der Waals surface area contributed by atoms with Crippen LogP contribution in [0.3, 0.4) is 0 Å². The van der Waals surface area contributed by atoms with Gasteiger partial charge in [0.2, 0.25) is 0 Å². The number of aromatic amines is 1. The largest absolute Gasteiger partial charge is 0.422 e. The third-order valence-corrected chi connectivity index (χ3v) is 3.80. The summed E-state index contributed by atoms with van der Waals surface area (Å²) in [6, 6.07) is 1.19. The first kappa shape index (κ1) is 14.9. The van der Waals surface area contributed by atoms with Gasteiger partial charge in [-0.05, 0) is 24.3 Å². The number of aromatic nitrogens is 2. The van der Waals surface area contributed by atoms with Crippen LogP contribution in [-0.2, 0) is 0 Å². The molecule has 2 rings (SSSR count). The second kappa shape index (κ2) is 5.47. The van der Waals surface area contributed by atoms with Gasteiger partial charge in [-0.25, -0.2) is 9.37 Å². The molecule has 0 saturated carbocycles. The van der Waals surface area contributed by atoms with Crippen molar-refractivity contribution in [3.05, 3.63) is 34.7 Å². The normalized spacial score (nSPS) is 13.7. The van der Waals surface area contributed by atoms with Crippen molar-refractivity contribution in [2.75, 3.05) is 6.26 Å². The summed E-state index contributed by atoms with van der Waals surface area (Å²) < 4.78 is 52.4. The first-order chi connectivity index (χ1) is 9.38. The second-order valence-corrected chi connectivity index (χ2v) is 4.93. The van der Waals surface area contributed by atoms with E-state index in [1.807, 2.05) is 0 Å². The molecule has 0 amide bonds. The van der Waals surface area contributed by atoms with Crippen molar-refractivity contribution in [1.29, 1.82) is 0 Å². The summed E-state index contributed by atoms with van der Waals surface area (Å²) in [6.07, 6.45) is -0.379. The zero-order chi connectivity index (χ0) is 14.9. The minimum Gasteiger partial charge on any atom is -0.346 e. The number of alkyl halides is 3. The number of rotatable bonds is 3. The van der Waals surface area contributed by atoms with Gasteiger partial charge < -0.3 is 4.98 Å². The van der Waals surface area contributed by atoms with Gasteiger partial charge in [0.15, 0.2) is 0 Å². The maximum absolute atomic E-state index is 13.3. The molecule has 0 aromatic carbocycles. The van der Waals surface area contributed by atoms with Crippen LogP contribution in [0.5, 0.6) is 0 Å². The van der Waals surface area contributed by atoms with Crippen LogP contribution in [-0.4, -0.2) is 22.4 Å². The van der Waals surface area contributed by atoms with Crippen molar-refractivity contribution in [1.82, 2.24) is 9.97 Å². The van der Waals surface area contributed by atoms with Crippen LogP contribution in [0.2, 0.25) is 0 Å². The van der Waals surface area contributed by atoms with Gasteiger partial charge in [0.25, 0.3) is 0 Å². The van der Waals surface area contributed by atoms with E-state index in [0.29, 0.717) is 28.4 Å². The molecular weight excluding hydrogens is 292 g/mol. The Balaban J connectivity index is 2.72. The van der Waals surface area contributed by atoms with Gasteiger partial charge in [-0.2, -0.15) is 13.2 Å². The number of allylic oxidation sites excluding steroid dienone is 2. The highest BCUT2D eigenvalue weighted by Crippen LogP contribution is 2.41. The van der Waals surface area contributed by atoms with Crippen molar-refractivity contribution >= 4 is 28.4 Å². The summed E-state index contributed by atoms with van der Waals surface area (Å²) in [7, 11) is 0. The molecule has 0 aliphatic carbocycles. The highest BCUT2D eigenvalue weighted by molar-refractivity contribution is 8.02. The van der Waals surface area contributed by atoms with E-state index in [1.165, 1.54) is 18.5 Å². The van der Waals surface area contributed by atoms with Gasteiger partial charge in [-0.1, -0.05) is 6.92 Å². The van der Waals surface area contributed by atoms with Crippen LogP contribution >= 0.6 is 11.8 Å². The Morgan fingerprint density at radius 3 is 2.65 bits per heavy atom. The molecule has 20 heavy (non-hydrogen) atoms. The zero-order valence-corrected chi connectivity index (χ0v) is 11.6. The van der Waals surface area contributed by atoms with Crippen molar-refractivity contribution in [3.63, 3.8) is 0 Å². The molecular formula is C13H12F4N2S. The Kier molecular flexibility index (Phi) is 4.08. The monoisotopic (exact) mass is 304 g/mol. The molecule has 0 saturated heterocycles. The first-order valence-corrected chi connectivity index (χ1v) is 7.08. The Bertz CT molecular complexity index is 658. The average Bonchev–Trinajstić information content (AvgIpc) is 2.77. The summed E-state index contributed by atoms with van der Waals surface area (Å²) in [5, 5.41) is 0.359. The van der Waals surface area contributed by atoms with Gasteiger partial charge in [-0.3, -0.25) is 0 Å². The lowest BCUT2D eigenvalue weighted by Gasteiger charge is -2.14. The van der Waals surface area contributed by atoms with E-state index >= 15 is 0 Å². The van der Waals surface area contributed by atoms with Gasteiger partial charge in [0.1, 0.15) is 11.5 Å². The lowest BCUT2D eigenvalue weighted by molar-refractivity contribution is -0.0831. The standard InChI is InChI=1S/C13H12F4N2S/c1-3-8(11(20-2)13(15,16)17)10-6-19-12-9(10)4-7(14)5-18-12/h4-6H,3H2,1-2H3,(H,18,19)/b11-8+. The molecule has 0 unspecified atom stereocenters. The molecule has 7 heteroatoms. The molecule has 2 heterocycles. The third kappa shape index (κ3) is 2.67. The number of halogens is 4. The van der Waals surface area contributed by atoms with E-state index in [9.17, 15) is 17.6 Å². The number of thioether (sulfide) groups is 1. The van der Waals surface area contributed by atoms with Crippen LogP contribution in [0.25, 0.3) is 16.6 Å². The Labute approximate surface area is 117 Å². The maximum atomic E-state index is 13.3. The molecule has 2 aromatic heterocycles. The SMILES string of the molecule is CC/C(=C(\SC)C(F)(F)F)c1c[nH]c2ncc(F)cc12. The van der Waals surface area contributed by atoms with E-state index in [2.05, 4.69) is 9.97 Å². The van der Waals surface area contributed by atoms with Crippen LogP contribution in [0.15, 0.2) is 23.4 Å². The summed E-state index contributed by atoms with van der Waals surface area (Å²) in [6.45, 7) is 1.64. The fourth-order valence-electron chi connectivity index (χ4n) is 2.11. The Hall–Kier alpha value is -1.50. The smallest absolute Gasteiger partial charge is 0.346 e. The predicted molar refractivity (Wildman–Crippen MR) is 72.8 cm³/mol. The first-order valence-electron chi connectivity index (χ1n) is 5.85. The highest BCUT2D eigenvalue weighted by Gasteiger charge is 2.36. The van der Waals surface area contributed by atoms with Crippen LogP contribution < -0.4 is 0 Å². The van der Waals surface area contributed by atoms with Gasteiger partial charge in [0, 0.05) is 17.1 Å². The molecule has 0 aliphatic rings. The number of H-pyrrole nitrogens is 1. The number of nitrogens with one attached hydrogen (secondary N) is 1. The number of pyridine rings is 1. The molecule has 0 fully saturated rings. The van der Waals surface area contributed by atoms with E-state index < -0.39 is 16.9 Å². The van der Waals surface area contributed by atoms with E-state index in [1.54, 1.807) is 6.92 Å². The summed E-state index contributed by atoms with van der Waals surface area (Å²) in [5.41, 5.74) is 0.856. The molecule has 0 aliphatic heterocycles. The molecule has 2 nitrogen and oxygen atoms in total. The molecule has 0 spiro atoms. The Morgan fingerprint density at radius 1 is 1.40 bits per heavy atom. The molecule has 0 atom stereocenters. The summed E-state index contributed by atoms with van der Waals surface area (Å²) in [4.78, 5) is 5.93. The summed E-state index contributed by atoms with van der Waals surface area (Å²) >= 11 is 0.647. The molecule has 1 N–H and O–H groups in total. The number of hydrogen-bond acceptors (Lipinski definition) is 2. The van der Waals surface area contributed by atoms with Gasteiger partial charge >= 0.3 is 6.18 Å². The number of hydrogen-bond donors (Lipinski definition) is 1. The van der Waals surface area contributed by atoms with Crippen LogP contribution in [0, 0.1) is 5.82 Å². The lowest BCUT2D eigenvalue weighted by atomic mass is 10.0. The third-order valence-electron chi connectivity index (χ3n) is 2.91. The Morgan fingerprint density at radius 2 is 2.10 bits per heavy atom. The average molecular weight is 304 g/mol. The highest BCUT2D eigenvalue weighted by atomic mass is 32.2. The van der Waals surface area contributed by atoms with Crippen molar-refractivity contribution < 1.29 is 17.6 Å². The van der Waals surface area contributed by atoms with Crippen molar-refractivity contribution in [2.24, 2.45) is 0 Å². The van der Waals surface area contributed by atoms with Crippen LogP contribution in [0.4, 0.5) is 17.6 Å². The topological polar surface area (TPSA) is 28.7 Å². The maximum Gasteiger partial charge on any atom is 0.422 e. The van der Waals surface area contributed by atoms with E-state index in [4.69, 9.17) is 0 Å². The second-order valence-electron chi connectivity index (χ2n) is 4.12. The quantitative estimate of drug-likeness (QED) is 0.829. The van der Waals surface area contributed by atoms with E-state index in [0.717, 1.165) is 6.20 Å². The lowest BCUT2D eigenvalue weighted by Crippen LogP contribution is -2.11. The molecule has 0 bridgehead atoms. The molecule has 0 radical (unpaired) electrons. The summed E-state index contributed by atoms with van der Waals surface area (Å²) in [5.74, 6) is -0.577. The minimum absolute atomic E-state index is 0.142. The fourth-order valence-corrected chi connectivity index (χ4v) is 2.84. The number of fused-ring (bicyclic) bond motifs is 1. The van der Waals surface area contributed by atoms with Gasteiger partial charge in [-0.15, -0.1) is 11.8 Å². The fraction of sp³-hybridized carbons (Fsp3) is 0.308. The predicted octanol–water partition coefficient (Wildman–Crippen LogP) is 4.75. The van der Waals surface area contributed by atoms with Gasteiger partial charge in [0.05, 0.1) is 11.1 Å².